The van der Waals surface area contributed by atoms with Crippen LogP contribution in [0.2, 0.25) is 0 Å². The third-order valence-corrected chi connectivity index (χ3v) is 2.52. The molecule has 0 aliphatic carbocycles. The van der Waals surface area contributed by atoms with Gasteiger partial charge in [0, 0.05) is 5.69 Å². The molecule has 0 saturated carbocycles. The fourth-order valence-electron chi connectivity index (χ4n) is 1.52. The van der Waals surface area contributed by atoms with E-state index in [-0.39, 0.29) is 0 Å². The van der Waals surface area contributed by atoms with Gasteiger partial charge in [-0.15, -0.1) is 0 Å². The second-order valence-corrected chi connectivity index (χ2v) is 4.46. The van der Waals surface area contributed by atoms with Crippen LogP contribution in [0.3, 0.4) is 0 Å². The van der Waals surface area contributed by atoms with E-state index in [1.54, 1.807) is 13.8 Å². The maximum absolute atomic E-state index is 11.0. The van der Waals surface area contributed by atoms with Crippen LogP contribution in [0.15, 0.2) is 24.3 Å². The van der Waals surface area contributed by atoms with Crippen molar-refractivity contribution in [3.8, 4) is 0 Å². The van der Waals surface area contributed by atoms with E-state index in [0.29, 0.717) is 0 Å². The van der Waals surface area contributed by atoms with E-state index >= 15 is 0 Å². The minimum atomic E-state index is -0.941. The van der Waals surface area contributed by atoms with E-state index < -0.39 is 11.5 Å². The lowest BCUT2D eigenvalue weighted by atomic mass is 10.0. The highest BCUT2D eigenvalue weighted by molar-refractivity contribution is 5.82. The van der Waals surface area contributed by atoms with Crippen LogP contribution >= 0.6 is 0 Å². The van der Waals surface area contributed by atoms with Crippen LogP contribution in [0.1, 0.15) is 32.8 Å². The monoisotopic (exact) mass is 221 g/mol. The summed E-state index contributed by atoms with van der Waals surface area (Å²) in [7, 11) is 0. The molecule has 0 spiro atoms. The van der Waals surface area contributed by atoms with E-state index in [1.807, 2.05) is 24.3 Å². The first-order valence-electron chi connectivity index (χ1n) is 5.57. The summed E-state index contributed by atoms with van der Waals surface area (Å²) in [5.41, 5.74) is 1.14. The highest BCUT2D eigenvalue weighted by Gasteiger charge is 2.27. The average molecular weight is 221 g/mol. The predicted molar refractivity (Wildman–Crippen MR) is 65.8 cm³/mol. The van der Waals surface area contributed by atoms with Crippen LogP contribution in [0.25, 0.3) is 0 Å². The molecular formula is C13H19NO2. The first-order chi connectivity index (χ1) is 7.47. The topological polar surface area (TPSA) is 49.3 Å². The van der Waals surface area contributed by atoms with E-state index in [1.165, 1.54) is 5.56 Å². The number of para-hydroxylation sites is 1. The van der Waals surface area contributed by atoms with Crippen LogP contribution in [0, 0.1) is 0 Å². The Morgan fingerprint density at radius 3 is 2.56 bits per heavy atom. The maximum Gasteiger partial charge on any atom is 0.328 e. The molecule has 0 fully saturated rings. The molecule has 3 heteroatoms. The van der Waals surface area contributed by atoms with Crippen molar-refractivity contribution in [2.24, 2.45) is 0 Å². The fourth-order valence-corrected chi connectivity index (χ4v) is 1.52. The number of hydrogen-bond donors (Lipinski definition) is 2. The number of rotatable bonds is 5. The third-order valence-electron chi connectivity index (χ3n) is 2.52. The van der Waals surface area contributed by atoms with Gasteiger partial charge in [0.25, 0.3) is 0 Å². The first kappa shape index (κ1) is 12.6. The van der Waals surface area contributed by atoms with Gasteiger partial charge in [-0.3, -0.25) is 0 Å². The molecule has 0 atom stereocenters. The van der Waals surface area contributed by atoms with E-state index in [2.05, 4.69) is 12.2 Å². The molecule has 0 unspecified atom stereocenters. The van der Waals surface area contributed by atoms with Crippen molar-refractivity contribution in [2.45, 2.75) is 39.2 Å². The summed E-state index contributed by atoms with van der Waals surface area (Å²) in [6.45, 7) is 5.44. The van der Waals surface area contributed by atoms with Crippen molar-refractivity contribution in [3.05, 3.63) is 29.8 Å². The third kappa shape index (κ3) is 2.99. The molecule has 0 aromatic heterocycles. The molecule has 88 valence electrons. The van der Waals surface area contributed by atoms with Crippen molar-refractivity contribution in [1.29, 1.82) is 0 Å². The number of anilines is 1. The summed E-state index contributed by atoms with van der Waals surface area (Å²) in [6, 6.07) is 7.85. The molecular weight excluding hydrogens is 202 g/mol. The lowest BCUT2D eigenvalue weighted by Gasteiger charge is -2.24. The van der Waals surface area contributed by atoms with E-state index in [0.717, 1.165) is 18.5 Å². The number of benzene rings is 1. The highest BCUT2D eigenvalue weighted by Crippen LogP contribution is 2.21. The number of nitrogens with one attached hydrogen (secondary N) is 1. The number of aryl methyl sites for hydroxylation is 1. The van der Waals surface area contributed by atoms with E-state index in [9.17, 15) is 4.79 Å². The molecule has 0 heterocycles. The molecule has 0 aliphatic rings. The normalized spacial score (nSPS) is 11.2. The number of aliphatic carboxylic acids is 1. The Bertz CT molecular complexity index is 372. The zero-order valence-electron chi connectivity index (χ0n) is 10.1. The van der Waals surface area contributed by atoms with Crippen molar-refractivity contribution in [3.63, 3.8) is 0 Å². The van der Waals surface area contributed by atoms with Gasteiger partial charge >= 0.3 is 5.97 Å². The molecule has 16 heavy (non-hydrogen) atoms. The van der Waals surface area contributed by atoms with Gasteiger partial charge in [0.15, 0.2) is 0 Å². The summed E-state index contributed by atoms with van der Waals surface area (Å²) in [5, 5.41) is 12.1. The second-order valence-electron chi connectivity index (χ2n) is 4.46. The average Bonchev–Trinajstić information content (AvgIpc) is 2.20. The Morgan fingerprint density at radius 2 is 2.00 bits per heavy atom. The van der Waals surface area contributed by atoms with Crippen LogP contribution in [-0.2, 0) is 11.2 Å². The molecule has 3 nitrogen and oxygen atoms in total. The van der Waals surface area contributed by atoms with Crippen LogP contribution in [0.4, 0.5) is 5.69 Å². The summed E-state index contributed by atoms with van der Waals surface area (Å²) >= 11 is 0. The predicted octanol–water partition coefficient (Wildman–Crippen LogP) is 2.91. The zero-order valence-corrected chi connectivity index (χ0v) is 10.1. The summed E-state index contributed by atoms with van der Waals surface area (Å²) in [5.74, 6) is -0.848. The zero-order chi connectivity index (χ0) is 12.2. The molecule has 0 aliphatic heterocycles. The molecule has 2 N–H and O–H groups in total. The van der Waals surface area contributed by atoms with Gasteiger partial charge in [0.05, 0.1) is 0 Å². The van der Waals surface area contributed by atoms with Gasteiger partial charge < -0.3 is 10.4 Å². The number of carbonyl (C=O) groups is 1. The summed E-state index contributed by atoms with van der Waals surface area (Å²) < 4.78 is 0. The van der Waals surface area contributed by atoms with Crippen molar-refractivity contribution in [1.82, 2.24) is 0 Å². The quantitative estimate of drug-likeness (QED) is 0.803. The number of carboxylic acids is 1. The van der Waals surface area contributed by atoms with E-state index in [4.69, 9.17) is 5.11 Å². The van der Waals surface area contributed by atoms with Crippen molar-refractivity contribution >= 4 is 11.7 Å². The van der Waals surface area contributed by atoms with Gasteiger partial charge in [-0.2, -0.15) is 0 Å². The minimum absolute atomic E-state index is 0.848. The Balaban J connectivity index is 2.92. The molecule has 0 bridgehead atoms. The van der Waals surface area contributed by atoms with Crippen molar-refractivity contribution < 1.29 is 9.90 Å². The molecule has 1 aromatic carbocycles. The number of carboxylic acid groups (broad SMARTS) is 1. The van der Waals surface area contributed by atoms with Crippen LogP contribution in [-0.4, -0.2) is 16.6 Å². The second kappa shape index (κ2) is 5.01. The largest absolute Gasteiger partial charge is 0.480 e. The lowest BCUT2D eigenvalue weighted by Crippen LogP contribution is -2.40. The van der Waals surface area contributed by atoms with Crippen LogP contribution in [0.5, 0.6) is 0 Å². The molecule has 0 amide bonds. The molecule has 1 rings (SSSR count). The van der Waals surface area contributed by atoms with Crippen molar-refractivity contribution in [2.75, 3.05) is 5.32 Å². The molecule has 0 saturated heterocycles. The van der Waals surface area contributed by atoms with Gasteiger partial charge in [-0.05, 0) is 31.9 Å². The minimum Gasteiger partial charge on any atom is -0.480 e. The Morgan fingerprint density at radius 1 is 1.38 bits per heavy atom. The van der Waals surface area contributed by atoms with Gasteiger partial charge in [-0.1, -0.05) is 31.5 Å². The lowest BCUT2D eigenvalue weighted by molar-refractivity contribution is -0.141. The maximum atomic E-state index is 11.0. The number of hydrogen-bond acceptors (Lipinski definition) is 2. The standard InChI is InChI=1S/C13H19NO2/c1-4-7-10-8-5-6-9-11(10)14-13(2,3)12(15)16/h5-6,8-9,14H,4,7H2,1-3H3,(H,15,16). The first-order valence-corrected chi connectivity index (χ1v) is 5.57. The Kier molecular flexibility index (Phi) is 3.93. The summed E-state index contributed by atoms with van der Waals surface area (Å²) in [4.78, 5) is 11.0. The molecule has 0 radical (unpaired) electrons. The highest BCUT2D eigenvalue weighted by atomic mass is 16.4. The fraction of sp³-hybridized carbons (Fsp3) is 0.462. The Hall–Kier alpha value is -1.51. The smallest absolute Gasteiger partial charge is 0.328 e. The van der Waals surface area contributed by atoms with Gasteiger partial charge in [-0.25, -0.2) is 4.79 Å². The molecule has 1 aromatic rings. The Labute approximate surface area is 96.5 Å². The summed E-state index contributed by atoms with van der Waals surface area (Å²) in [6.07, 6.45) is 2.01. The SMILES string of the molecule is CCCc1ccccc1NC(C)(C)C(=O)O. The van der Waals surface area contributed by atoms with Gasteiger partial charge in [0.2, 0.25) is 0 Å². The van der Waals surface area contributed by atoms with Gasteiger partial charge in [0.1, 0.15) is 5.54 Å². The van der Waals surface area contributed by atoms with Crippen LogP contribution < -0.4 is 5.32 Å².